The van der Waals surface area contributed by atoms with E-state index in [1.54, 1.807) is 12.3 Å². The van der Waals surface area contributed by atoms with Crippen LogP contribution in [-0.4, -0.2) is 39.6 Å². The third-order valence-electron chi connectivity index (χ3n) is 4.57. The van der Waals surface area contributed by atoms with E-state index in [2.05, 4.69) is 19.9 Å². The van der Waals surface area contributed by atoms with Crippen molar-refractivity contribution in [2.75, 3.05) is 35.8 Å². The fourth-order valence-corrected chi connectivity index (χ4v) is 5.05. The molecular formula is C19H18Cl2N4O2S. The van der Waals surface area contributed by atoms with Crippen LogP contribution in [0.2, 0.25) is 10.0 Å². The Balaban J connectivity index is 1.71. The number of piperazine rings is 1. The summed E-state index contributed by atoms with van der Waals surface area (Å²) in [5.41, 5.74) is 2.30. The van der Waals surface area contributed by atoms with Crippen LogP contribution >= 0.6 is 23.2 Å². The first-order valence-electron chi connectivity index (χ1n) is 8.76. The summed E-state index contributed by atoms with van der Waals surface area (Å²) in [6.07, 6.45) is 1.78. The Morgan fingerprint density at radius 3 is 2.43 bits per heavy atom. The predicted octanol–water partition coefficient (Wildman–Crippen LogP) is 3.75. The number of benzene rings is 2. The fraction of sp³-hybridized carbons (Fsp3) is 0.211. The molecule has 0 radical (unpaired) electrons. The molecular weight excluding hydrogens is 419 g/mol. The van der Waals surface area contributed by atoms with E-state index in [-0.39, 0.29) is 14.9 Å². The molecule has 0 unspecified atom stereocenters. The highest BCUT2D eigenvalue weighted by Gasteiger charge is 2.18. The zero-order valence-corrected chi connectivity index (χ0v) is 17.2. The van der Waals surface area contributed by atoms with E-state index in [4.69, 9.17) is 23.2 Å². The van der Waals surface area contributed by atoms with Gasteiger partial charge in [-0.15, -0.1) is 0 Å². The standard InChI is InChI=1S/C19H18Cl2N4O2S/c20-13-9-14(21)11-16(10-13)28(26,27)24-15-1-2-18-17(12-15)19(3-4-23-18)25-7-5-22-6-8-25/h1-4,9-12,22,24H,5-8H2. The number of hydrogen-bond acceptors (Lipinski definition) is 5. The average molecular weight is 437 g/mol. The SMILES string of the molecule is O=S(=O)(Nc1ccc2nccc(N3CCNCC3)c2c1)c1cc(Cl)cc(Cl)c1. The second-order valence-corrected chi connectivity index (χ2v) is 9.06. The van der Waals surface area contributed by atoms with Crippen molar-refractivity contribution in [3.63, 3.8) is 0 Å². The molecule has 0 bridgehead atoms. The highest BCUT2D eigenvalue weighted by Crippen LogP contribution is 2.30. The maximum Gasteiger partial charge on any atom is 0.261 e. The molecule has 2 N–H and O–H groups in total. The number of hydrogen-bond donors (Lipinski definition) is 2. The second kappa shape index (κ2) is 7.75. The van der Waals surface area contributed by atoms with E-state index in [9.17, 15) is 8.42 Å². The molecule has 4 rings (SSSR count). The molecule has 1 aliphatic heterocycles. The Bertz CT molecular complexity index is 1110. The molecule has 1 saturated heterocycles. The van der Waals surface area contributed by atoms with Crippen molar-refractivity contribution in [1.29, 1.82) is 0 Å². The highest BCUT2D eigenvalue weighted by atomic mass is 35.5. The monoisotopic (exact) mass is 436 g/mol. The summed E-state index contributed by atoms with van der Waals surface area (Å²) in [6.45, 7) is 3.59. The number of fused-ring (bicyclic) bond motifs is 1. The molecule has 0 saturated carbocycles. The molecule has 2 heterocycles. The maximum atomic E-state index is 12.8. The summed E-state index contributed by atoms with van der Waals surface area (Å²) in [5.74, 6) is 0. The summed E-state index contributed by atoms with van der Waals surface area (Å²) in [6, 6.07) is 11.5. The van der Waals surface area contributed by atoms with Gasteiger partial charge in [0.2, 0.25) is 0 Å². The van der Waals surface area contributed by atoms with Crippen molar-refractivity contribution < 1.29 is 8.42 Å². The zero-order chi connectivity index (χ0) is 19.7. The molecule has 0 amide bonds. The van der Waals surface area contributed by atoms with Gasteiger partial charge in [-0.1, -0.05) is 23.2 Å². The average Bonchev–Trinajstić information content (AvgIpc) is 2.67. The summed E-state index contributed by atoms with van der Waals surface area (Å²) in [7, 11) is -3.83. The lowest BCUT2D eigenvalue weighted by Crippen LogP contribution is -2.43. The van der Waals surface area contributed by atoms with Gasteiger partial charge < -0.3 is 10.2 Å². The fourth-order valence-electron chi connectivity index (χ4n) is 3.27. The highest BCUT2D eigenvalue weighted by molar-refractivity contribution is 7.92. The smallest absolute Gasteiger partial charge is 0.261 e. The van der Waals surface area contributed by atoms with E-state index in [1.807, 2.05) is 18.2 Å². The Kier molecular flexibility index (Phi) is 5.33. The molecule has 0 aliphatic carbocycles. The lowest BCUT2D eigenvalue weighted by molar-refractivity contribution is 0.590. The summed E-state index contributed by atoms with van der Waals surface area (Å²) >= 11 is 11.9. The minimum atomic E-state index is -3.83. The quantitative estimate of drug-likeness (QED) is 0.651. The number of rotatable bonds is 4. The zero-order valence-electron chi connectivity index (χ0n) is 14.8. The number of anilines is 2. The van der Waals surface area contributed by atoms with E-state index >= 15 is 0 Å². The maximum absolute atomic E-state index is 12.8. The predicted molar refractivity (Wildman–Crippen MR) is 114 cm³/mol. The van der Waals surface area contributed by atoms with Gasteiger partial charge in [-0.05, 0) is 42.5 Å². The van der Waals surface area contributed by atoms with Crippen LogP contribution in [0.25, 0.3) is 10.9 Å². The summed E-state index contributed by atoms with van der Waals surface area (Å²) in [5, 5.41) is 4.75. The third kappa shape index (κ3) is 4.03. The summed E-state index contributed by atoms with van der Waals surface area (Å²) in [4.78, 5) is 6.69. The molecule has 1 aromatic heterocycles. The van der Waals surface area contributed by atoms with Crippen LogP contribution in [0, 0.1) is 0 Å². The lowest BCUT2D eigenvalue weighted by atomic mass is 10.1. The molecule has 2 aromatic carbocycles. The van der Waals surface area contributed by atoms with Crippen LogP contribution in [-0.2, 0) is 10.0 Å². The van der Waals surface area contributed by atoms with E-state index < -0.39 is 10.0 Å². The van der Waals surface area contributed by atoms with Crippen LogP contribution in [0.5, 0.6) is 0 Å². The molecule has 0 atom stereocenters. The molecule has 28 heavy (non-hydrogen) atoms. The Morgan fingerprint density at radius 2 is 1.71 bits per heavy atom. The van der Waals surface area contributed by atoms with Gasteiger partial charge in [-0.25, -0.2) is 8.42 Å². The minimum absolute atomic E-state index is 0.0126. The minimum Gasteiger partial charge on any atom is -0.368 e. The van der Waals surface area contributed by atoms with Crippen LogP contribution in [0.3, 0.4) is 0 Å². The number of nitrogens with one attached hydrogen (secondary N) is 2. The van der Waals surface area contributed by atoms with Crippen LogP contribution in [0.1, 0.15) is 0 Å². The van der Waals surface area contributed by atoms with Gasteiger partial charge in [0, 0.05) is 59.2 Å². The van der Waals surface area contributed by atoms with Crippen molar-refractivity contribution >= 4 is 55.5 Å². The van der Waals surface area contributed by atoms with Crippen molar-refractivity contribution in [3.05, 3.63) is 58.7 Å². The van der Waals surface area contributed by atoms with Gasteiger partial charge in [0.1, 0.15) is 0 Å². The van der Waals surface area contributed by atoms with Gasteiger partial charge >= 0.3 is 0 Å². The number of pyridine rings is 1. The van der Waals surface area contributed by atoms with E-state index in [1.165, 1.54) is 18.2 Å². The second-order valence-electron chi connectivity index (χ2n) is 6.51. The van der Waals surface area contributed by atoms with Gasteiger partial charge in [0.15, 0.2) is 0 Å². The first-order chi connectivity index (χ1) is 13.4. The molecule has 146 valence electrons. The molecule has 1 fully saturated rings. The van der Waals surface area contributed by atoms with Gasteiger partial charge in [-0.3, -0.25) is 9.71 Å². The Labute approximate surface area is 173 Å². The van der Waals surface area contributed by atoms with Gasteiger partial charge in [0.25, 0.3) is 10.0 Å². The number of aromatic nitrogens is 1. The normalized spacial score (nSPS) is 15.0. The molecule has 3 aromatic rings. The topological polar surface area (TPSA) is 74.3 Å². The number of nitrogens with zero attached hydrogens (tertiary/aromatic N) is 2. The van der Waals surface area contributed by atoms with Crippen LogP contribution < -0.4 is 14.9 Å². The van der Waals surface area contributed by atoms with Crippen LogP contribution in [0.4, 0.5) is 11.4 Å². The van der Waals surface area contributed by atoms with Crippen molar-refractivity contribution in [2.45, 2.75) is 4.90 Å². The Hall–Kier alpha value is -2.06. The molecule has 0 spiro atoms. The lowest BCUT2D eigenvalue weighted by Gasteiger charge is -2.30. The largest absolute Gasteiger partial charge is 0.368 e. The molecule has 1 aliphatic rings. The number of sulfonamides is 1. The first kappa shape index (κ1) is 19.3. The third-order valence-corrected chi connectivity index (χ3v) is 6.37. The number of halogens is 2. The van der Waals surface area contributed by atoms with Crippen molar-refractivity contribution in [2.24, 2.45) is 0 Å². The molecule has 9 heteroatoms. The van der Waals surface area contributed by atoms with Crippen molar-refractivity contribution in [1.82, 2.24) is 10.3 Å². The van der Waals surface area contributed by atoms with Crippen molar-refractivity contribution in [3.8, 4) is 0 Å². The van der Waals surface area contributed by atoms with Gasteiger partial charge in [0.05, 0.1) is 10.4 Å². The summed E-state index contributed by atoms with van der Waals surface area (Å²) < 4.78 is 28.1. The first-order valence-corrected chi connectivity index (χ1v) is 11.0. The van der Waals surface area contributed by atoms with E-state index in [0.717, 1.165) is 42.8 Å². The van der Waals surface area contributed by atoms with E-state index in [0.29, 0.717) is 5.69 Å². The van der Waals surface area contributed by atoms with Crippen LogP contribution in [0.15, 0.2) is 53.6 Å². The Morgan fingerprint density at radius 1 is 1.00 bits per heavy atom. The van der Waals surface area contributed by atoms with Gasteiger partial charge in [-0.2, -0.15) is 0 Å². The molecule has 6 nitrogen and oxygen atoms in total.